The Morgan fingerprint density at radius 2 is 1.83 bits per heavy atom. The second kappa shape index (κ2) is 7.80. The van der Waals surface area contributed by atoms with Crippen LogP contribution >= 0.6 is 0 Å². The summed E-state index contributed by atoms with van der Waals surface area (Å²) in [6.45, 7) is 1.28. The molecule has 8 nitrogen and oxygen atoms in total. The zero-order valence-electron chi connectivity index (χ0n) is 15.5. The Morgan fingerprint density at radius 1 is 1.03 bits per heavy atom. The van der Waals surface area contributed by atoms with Crippen molar-refractivity contribution in [3.05, 3.63) is 60.6 Å². The lowest BCUT2D eigenvalue weighted by atomic mass is 10.1. The third-order valence-corrected chi connectivity index (χ3v) is 6.75. The van der Waals surface area contributed by atoms with Crippen LogP contribution < -0.4 is 0 Å². The molecule has 0 bridgehead atoms. The first-order chi connectivity index (χ1) is 13.9. The topological polar surface area (TPSA) is 102 Å². The highest BCUT2D eigenvalue weighted by Crippen LogP contribution is 2.22. The number of amides is 1. The van der Waals surface area contributed by atoms with Crippen molar-refractivity contribution in [2.75, 3.05) is 26.2 Å². The van der Waals surface area contributed by atoms with Gasteiger partial charge in [0.2, 0.25) is 0 Å². The number of H-pyrrole nitrogens is 2. The Bertz CT molecular complexity index is 1090. The number of hydrogen-bond acceptors (Lipinski definition) is 4. The van der Waals surface area contributed by atoms with Gasteiger partial charge in [-0.15, -0.1) is 0 Å². The molecule has 1 amide bonds. The zero-order valence-corrected chi connectivity index (χ0v) is 16.3. The minimum atomic E-state index is -3.65. The molecule has 0 saturated carbocycles. The lowest BCUT2D eigenvalue weighted by Crippen LogP contribution is -2.37. The van der Waals surface area contributed by atoms with Gasteiger partial charge in [-0.05, 0) is 35.7 Å². The second-order valence-corrected chi connectivity index (χ2v) is 8.68. The maximum absolute atomic E-state index is 13.1. The van der Waals surface area contributed by atoms with Crippen LogP contribution in [0.3, 0.4) is 0 Å². The van der Waals surface area contributed by atoms with Gasteiger partial charge in [-0.25, -0.2) is 17.8 Å². The zero-order chi connectivity index (χ0) is 20.4. The van der Waals surface area contributed by atoms with Crippen LogP contribution in [0.25, 0.3) is 11.1 Å². The number of hydrogen-bond donors (Lipinski definition) is 2. The quantitative estimate of drug-likeness (QED) is 0.678. The van der Waals surface area contributed by atoms with E-state index in [1.807, 2.05) is 0 Å². The summed E-state index contributed by atoms with van der Waals surface area (Å²) in [6.07, 6.45) is 4.83. The molecule has 1 aliphatic heterocycles. The molecule has 0 spiro atoms. The van der Waals surface area contributed by atoms with Crippen LogP contribution in [0.4, 0.5) is 4.39 Å². The summed E-state index contributed by atoms with van der Waals surface area (Å²) in [7, 11) is -3.65. The molecule has 3 aromatic rings. The number of nitrogens with zero attached hydrogens (tertiary/aromatic N) is 3. The van der Waals surface area contributed by atoms with Crippen LogP contribution in [0, 0.1) is 5.82 Å². The summed E-state index contributed by atoms with van der Waals surface area (Å²) < 4.78 is 39.8. The molecule has 10 heteroatoms. The van der Waals surface area contributed by atoms with E-state index in [9.17, 15) is 17.6 Å². The van der Waals surface area contributed by atoms with E-state index in [0.717, 1.165) is 11.1 Å². The highest BCUT2D eigenvalue weighted by atomic mass is 32.2. The monoisotopic (exact) mass is 417 g/mol. The minimum Gasteiger partial charge on any atom is -0.357 e. The maximum Gasteiger partial charge on any atom is 0.270 e. The third kappa shape index (κ3) is 3.94. The summed E-state index contributed by atoms with van der Waals surface area (Å²) in [5.74, 6) is -0.515. The Labute approximate surface area is 167 Å². The molecule has 2 aromatic heterocycles. The lowest BCUT2D eigenvalue weighted by Gasteiger charge is -2.21. The number of sulfonamides is 1. The molecule has 152 valence electrons. The summed E-state index contributed by atoms with van der Waals surface area (Å²) in [4.78, 5) is 23.9. The summed E-state index contributed by atoms with van der Waals surface area (Å²) in [5, 5.41) is 0.0468. The fraction of sp³-hybridized carbons (Fsp3) is 0.263. The standard InChI is InChI=1S/C19H20FN5O3S/c20-16-4-2-14(3-5-16)15-10-17(22-11-15)19(26)24-6-1-7-25(9-8-24)29(27,28)18-12-21-13-23-18/h2-5,10-13,22H,1,6-9H2,(H,21,23). The fourth-order valence-electron chi connectivity index (χ4n) is 3.36. The van der Waals surface area contributed by atoms with Crippen LogP contribution in [-0.2, 0) is 10.0 Å². The molecule has 3 heterocycles. The van der Waals surface area contributed by atoms with Gasteiger partial charge in [0.25, 0.3) is 15.9 Å². The number of imidazole rings is 1. The Morgan fingerprint density at radius 3 is 2.55 bits per heavy atom. The molecule has 1 aliphatic rings. The van der Waals surface area contributed by atoms with E-state index in [-0.39, 0.29) is 29.8 Å². The summed E-state index contributed by atoms with van der Waals surface area (Å²) in [5.41, 5.74) is 2.00. The Hall–Kier alpha value is -2.98. The molecule has 1 fully saturated rings. The smallest absolute Gasteiger partial charge is 0.270 e. The summed E-state index contributed by atoms with van der Waals surface area (Å²) >= 11 is 0. The first kappa shape index (κ1) is 19.3. The average molecular weight is 417 g/mol. The number of benzene rings is 1. The van der Waals surface area contributed by atoms with Crippen molar-refractivity contribution in [2.24, 2.45) is 0 Å². The molecule has 1 aromatic carbocycles. The average Bonchev–Trinajstić information content (AvgIpc) is 3.36. The van der Waals surface area contributed by atoms with Gasteiger partial charge in [0, 0.05) is 32.4 Å². The molecule has 0 radical (unpaired) electrons. The highest BCUT2D eigenvalue weighted by molar-refractivity contribution is 7.89. The van der Waals surface area contributed by atoms with E-state index in [2.05, 4.69) is 15.0 Å². The van der Waals surface area contributed by atoms with E-state index >= 15 is 0 Å². The highest BCUT2D eigenvalue weighted by Gasteiger charge is 2.29. The van der Waals surface area contributed by atoms with Crippen LogP contribution in [0.15, 0.2) is 54.1 Å². The van der Waals surface area contributed by atoms with Gasteiger partial charge >= 0.3 is 0 Å². The van der Waals surface area contributed by atoms with E-state index in [0.29, 0.717) is 25.2 Å². The van der Waals surface area contributed by atoms with Crippen molar-refractivity contribution in [2.45, 2.75) is 11.4 Å². The first-order valence-corrected chi connectivity index (χ1v) is 10.6. The number of halogens is 1. The van der Waals surface area contributed by atoms with Gasteiger partial charge in [0.15, 0.2) is 5.03 Å². The molecule has 4 rings (SSSR count). The van der Waals surface area contributed by atoms with Crippen LogP contribution in [0.5, 0.6) is 0 Å². The largest absolute Gasteiger partial charge is 0.357 e. The van der Waals surface area contributed by atoms with E-state index in [1.165, 1.54) is 29.0 Å². The molecule has 29 heavy (non-hydrogen) atoms. The molecule has 2 N–H and O–H groups in total. The fourth-order valence-corrected chi connectivity index (χ4v) is 4.72. The van der Waals surface area contributed by atoms with E-state index in [1.54, 1.807) is 29.3 Å². The van der Waals surface area contributed by atoms with Crippen LogP contribution in [0.1, 0.15) is 16.9 Å². The lowest BCUT2D eigenvalue weighted by molar-refractivity contribution is 0.0759. The minimum absolute atomic E-state index is 0.0468. The summed E-state index contributed by atoms with van der Waals surface area (Å²) in [6, 6.07) is 7.76. The Balaban J connectivity index is 1.46. The first-order valence-electron chi connectivity index (χ1n) is 9.17. The maximum atomic E-state index is 13.1. The Kier molecular flexibility index (Phi) is 5.20. The molecule has 0 unspecified atom stereocenters. The van der Waals surface area contributed by atoms with Crippen molar-refractivity contribution in [3.63, 3.8) is 0 Å². The van der Waals surface area contributed by atoms with Crippen LogP contribution in [-0.4, -0.2) is 64.7 Å². The molecule has 0 aliphatic carbocycles. The second-order valence-electron chi connectivity index (χ2n) is 6.77. The van der Waals surface area contributed by atoms with Gasteiger partial charge < -0.3 is 14.9 Å². The van der Waals surface area contributed by atoms with Gasteiger partial charge in [-0.2, -0.15) is 4.31 Å². The predicted molar refractivity (Wildman–Crippen MR) is 104 cm³/mol. The number of aromatic nitrogens is 3. The molecule has 0 atom stereocenters. The number of rotatable bonds is 4. The normalized spacial score (nSPS) is 16.0. The van der Waals surface area contributed by atoms with Crippen LogP contribution in [0.2, 0.25) is 0 Å². The van der Waals surface area contributed by atoms with Crippen molar-refractivity contribution in [1.82, 2.24) is 24.2 Å². The van der Waals surface area contributed by atoms with Crippen molar-refractivity contribution < 1.29 is 17.6 Å². The SMILES string of the molecule is O=C(c1cc(-c2ccc(F)cc2)c[nH]1)N1CCCN(S(=O)(=O)c2cnc[nH]2)CC1. The van der Waals surface area contributed by atoms with Gasteiger partial charge in [-0.1, -0.05) is 12.1 Å². The molecule has 1 saturated heterocycles. The van der Waals surface area contributed by atoms with Gasteiger partial charge in [0.05, 0.1) is 12.5 Å². The number of carbonyl (C=O) groups is 1. The number of aromatic amines is 2. The van der Waals surface area contributed by atoms with Crippen molar-refractivity contribution >= 4 is 15.9 Å². The number of nitrogens with one attached hydrogen (secondary N) is 2. The van der Waals surface area contributed by atoms with Gasteiger partial charge in [0.1, 0.15) is 11.5 Å². The van der Waals surface area contributed by atoms with Gasteiger partial charge in [-0.3, -0.25) is 4.79 Å². The van der Waals surface area contributed by atoms with Crippen molar-refractivity contribution in [1.29, 1.82) is 0 Å². The van der Waals surface area contributed by atoms with E-state index < -0.39 is 10.0 Å². The van der Waals surface area contributed by atoms with Crippen molar-refractivity contribution in [3.8, 4) is 11.1 Å². The molecular weight excluding hydrogens is 397 g/mol. The van der Waals surface area contributed by atoms with E-state index in [4.69, 9.17) is 0 Å². The predicted octanol–water partition coefficient (Wildman–Crippen LogP) is 2.08. The molecular formula is C19H20FN5O3S. The third-order valence-electron chi connectivity index (χ3n) is 4.92. The number of carbonyl (C=O) groups excluding carboxylic acids is 1.